The predicted molar refractivity (Wildman–Crippen MR) is 62.9 cm³/mol. The van der Waals surface area contributed by atoms with Gasteiger partial charge in [0.1, 0.15) is 5.82 Å². The first kappa shape index (κ1) is 11.5. The molecule has 5 heteroatoms. The van der Waals surface area contributed by atoms with Gasteiger partial charge in [-0.25, -0.2) is 9.49 Å². The molecule has 1 heterocycles. The van der Waals surface area contributed by atoms with Crippen molar-refractivity contribution in [1.82, 2.24) is 10.2 Å². The highest BCUT2D eigenvalue weighted by molar-refractivity contribution is 5.58. The van der Waals surface area contributed by atoms with Gasteiger partial charge in [-0.15, -0.1) is 0 Å². The Morgan fingerprint density at radius 1 is 1.35 bits per heavy atom. The van der Waals surface area contributed by atoms with Crippen LogP contribution in [0.25, 0.3) is 11.3 Å². The Balaban J connectivity index is 2.50. The van der Waals surface area contributed by atoms with E-state index in [1.54, 1.807) is 25.1 Å². The number of nitrogens with two attached hydrogens (primary N) is 1. The third-order valence-electron chi connectivity index (χ3n) is 2.46. The molecule has 17 heavy (non-hydrogen) atoms. The van der Waals surface area contributed by atoms with Gasteiger partial charge < -0.3 is 5.73 Å². The number of nitrogens with zero attached hydrogens (tertiary/aromatic N) is 1. The number of hydrogen-bond donors (Lipinski definition) is 2. The number of benzene rings is 1. The number of rotatable bonds is 2. The third kappa shape index (κ3) is 2.39. The zero-order chi connectivity index (χ0) is 12.4. The number of nitrogens with one attached hydrogen (secondary N) is 1. The van der Waals surface area contributed by atoms with Crippen molar-refractivity contribution in [3.63, 3.8) is 0 Å². The lowest BCUT2D eigenvalue weighted by molar-refractivity contribution is 0.628. The quantitative estimate of drug-likeness (QED) is 0.827. The van der Waals surface area contributed by atoms with Gasteiger partial charge in [-0.1, -0.05) is 0 Å². The van der Waals surface area contributed by atoms with E-state index in [-0.39, 0.29) is 17.4 Å². The first-order valence-corrected chi connectivity index (χ1v) is 5.19. The number of aromatic nitrogens is 2. The second-order valence-corrected chi connectivity index (χ2v) is 3.83. The minimum absolute atomic E-state index is 0.300. The summed E-state index contributed by atoms with van der Waals surface area (Å²) in [4.78, 5) is 11.4. The van der Waals surface area contributed by atoms with Crippen LogP contribution in [0.2, 0.25) is 0 Å². The molecule has 1 atom stereocenters. The molecule has 0 aliphatic heterocycles. The molecule has 4 nitrogen and oxygen atoms in total. The molecule has 2 aromatic rings. The molecule has 2 rings (SSSR count). The fraction of sp³-hybridized carbons (Fsp3) is 0.167. The van der Waals surface area contributed by atoms with Crippen molar-refractivity contribution in [3.8, 4) is 11.3 Å². The molecule has 0 saturated heterocycles. The molecule has 1 aromatic heterocycles. The van der Waals surface area contributed by atoms with Crippen LogP contribution in [0, 0.1) is 5.82 Å². The summed E-state index contributed by atoms with van der Waals surface area (Å²) in [6.07, 6.45) is 0. The molecule has 3 N–H and O–H groups in total. The molecule has 0 amide bonds. The van der Waals surface area contributed by atoms with Crippen molar-refractivity contribution in [2.24, 2.45) is 5.73 Å². The first-order chi connectivity index (χ1) is 8.08. The first-order valence-electron chi connectivity index (χ1n) is 5.19. The molecule has 0 aliphatic rings. The largest absolute Gasteiger partial charge is 0.324 e. The van der Waals surface area contributed by atoms with Gasteiger partial charge in [0.05, 0.1) is 5.69 Å². The van der Waals surface area contributed by atoms with Crippen LogP contribution in [-0.2, 0) is 0 Å². The Kier molecular flexibility index (Phi) is 3.01. The van der Waals surface area contributed by atoms with E-state index in [1.165, 1.54) is 12.1 Å². The van der Waals surface area contributed by atoms with E-state index in [1.807, 2.05) is 0 Å². The molecular weight excluding hydrogens is 221 g/mol. The summed E-state index contributed by atoms with van der Waals surface area (Å²) in [7, 11) is 0. The maximum atomic E-state index is 12.8. The van der Waals surface area contributed by atoms with E-state index < -0.39 is 0 Å². The summed E-state index contributed by atoms with van der Waals surface area (Å²) in [6, 6.07) is 7.13. The minimum Gasteiger partial charge on any atom is -0.324 e. The van der Waals surface area contributed by atoms with Crippen LogP contribution in [0.3, 0.4) is 0 Å². The smallest absolute Gasteiger partial charge is 0.268 e. The van der Waals surface area contributed by atoms with Gasteiger partial charge in [-0.05, 0) is 37.3 Å². The summed E-state index contributed by atoms with van der Waals surface area (Å²) < 4.78 is 12.8. The lowest BCUT2D eigenvalue weighted by atomic mass is 10.1. The third-order valence-corrected chi connectivity index (χ3v) is 2.46. The van der Waals surface area contributed by atoms with Crippen LogP contribution < -0.4 is 11.3 Å². The SMILES string of the molecule is CC(N)c1cc(-c2ccc(F)cc2)n[nH]c1=O. The molecule has 1 unspecified atom stereocenters. The molecule has 0 bridgehead atoms. The van der Waals surface area contributed by atoms with E-state index in [4.69, 9.17) is 5.73 Å². The molecule has 0 aliphatic carbocycles. The predicted octanol–water partition coefficient (Wildman–Crippen LogP) is 1.60. The zero-order valence-corrected chi connectivity index (χ0v) is 9.27. The van der Waals surface area contributed by atoms with Crippen LogP contribution in [0.4, 0.5) is 4.39 Å². The van der Waals surface area contributed by atoms with Crippen LogP contribution in [-0.4, -0.2) is 10.2 Å². The maximum Gasteiger partial charge on any atom is 0.268 e. The van der Waals surface area contributed by atoms with Crippen molar-refractivity contribution < 1.29 is 4.39 Å². The summed E-state index contributed by atoms with van der Waals surface area (Å²) >= 11 is 0. The highest BCUT2D eigenvalue weighted by Crippen LogP contribution is 2.17. The van der Waals surface area contributed by atoms with E-state index in [2.05, 4.69) is 10.2 Å². The monoisotopic (exact) mass is 233 g/mol. The van der Waals surface area contributed by atoms with Crippen molar-refractivity contribution in [1.29, 1.82) is 0 Å². The van der Waals surface area contributed by atoms with Crippen LogP contribution in [0.15, 0.2) is 35.1 Å². The molecule has 0 fully saturated rings. The lowest BCUT2D eigenvalue weighted by Crippen LogP contribution is -2.20. The average Bonchev–Trinajstić information content (AvgIpc) is 2.30. The average molecular weight is 233 g/mol. The Bertz CT molecular complexity index is 575. The van der Waals surface area contributed by atoms with Gasteiger partial charge in [-0.3, -0.25) is 4.79 Å². The van der Waals surface area contributed by atoms with E-state index in [0.29, 0.717) is 11.3 Å². The Labute approximate surface area is 97.3 Å². The standard InChI is InChI=1S/C12H12FN3O/c1-7(14)10-6-11(15-16-12(10)17)8-2-4-9(13)5-3-8/h2-7H,14H2,1H3,(H,16,17). The number of halogens is 1. The summed E-state index contributed by atoms with van der Waals surface area (Å²) in [5, 5.41) is 6.29. The number of hydrogen-bond acceptors (Lipinski definition) is 3. The molecular formula is C12H12FN3O. The maximum absolute atomic E-state index is 12.8. The lowest BCUT2D eigenvalue weighted by Gasteiger charge is -2.06. The Hall–Kier alpha value is -2.01. The van der Waals surface area contributed by atoms with Crippen molar-refractivity contribution in [2.75, 3.05) is 0 Å². The second kappa shape index (κ2) is 4.47. The fourth-order valence-electron chi connectivity index (χ4n) is 1.53. The summed E-state index contributed by atoms with van der Waals surface area (Å²) in [5.41, 5.74) is 7.13. The zero-order valence-electron chi connectivity index (χ0n) is 9.27. The molecule has 0 spiro atoms. The number of aromatic amines is 1. The van der Waals surface area contributed by atoms with Crippen molar-refractivity contribution in [2.45, 2.75) is 13.0 Å². The fourth-order valence-corrected chi connectivity index (χ4v) is 1.53. The van der Waals surface area contributed by atoms with Crippen LogP contribution in [0.1, 0.15) is 18.5 Å². The van der Waals surface area contributed by atoms with Gasteiger partial charge in [0.2, 0.25) is 0 Å². The van der Waals surface area contributed by atoms with Crippen molar-refractivity contribution >= 4 is 0 Å². The molecule has 88 valence electrons. The van der Waals surface area contributed by atoms with Gasteiger partial charge in [0.25, 0.3) is 5.56 Å². The van der Waals surface area contributed by atoms with Crippen LogP contribution in [0.5, 0.6) is 0 Å². The molecule has 0 radical (unpaired) electrons. The summed E-state index contributed by atoms with van der Waals surface area (Å²) in [5.74, 6) is -0.314. The molecule has 0 saturated carbocycles. The van der Waals surface area contributed by atoms with E-state index >= 15 is 0 Å². The van der Waals surface area contributed by atoms with Crippen LogP contribution >= 0.6 is 0 Å². The summed E-state index contributed by atoms with van der Waals surface area (Å²) in [6.45, 7) is 1.72. The normalized spacial score (nSPS) is 12.4. The second-order valence-electron chi connectivity index (χ2n) is 3.83. The van der Waals surface area contributed by atoms with E-state index in [0.717, 1.165) is 5.56 Å². The van der Waals surface area contributed by atoms with Crippen molar-refractivity contribution in [3.05, 3.63) is 52.1 Å². The van der Waals surface area contributed by atoms with Gasteiger partial charge in [-0.2, -0.15) is 5.10 Å². The highest BCUT2D eigenvalue weighted by Gasteiger charge is 2.08. The van der Waals surface area contributed by atoms with E-state index in [9.17, 15) is 9.18 Å². The van der Waals surface area contributed by atoms with Gasteiger partial charge in [0.15, 0.2) is 0 Å². The number of H-pyrrole nitrogens is 1. The minimum atomic E-state index is -0.374. The van der Waals surface area contributed by atoms with Gasteiger partial charge in [0, 0.05) is 17.2 Å². The Morgan fingerprint density at radius 3 is 2.59 bits per heavy atom. The molecule has 1 aromatic carbocycles. The Morgan fingerprint density at radius 2 is 2.00 bits per heavy atom. The highest BCUT2D eigenvalue weighted by atomic mass is 19.1. The topological polar surface area (TPSA) is 71.8 Å². The van der Waals surface area contributed by atoms with Gasteiger partial charge >= 0.3 is 0 Å².